The minimum Gasteiger partial charge on any atom is -0.462 e. The molecule has 3 atom stereocenters. The average molecular weight is 793 g/mol. The zero-order valence-corrected chi connectivity index (χ0v) is 35.4. The Morgan fingerprint density at radius 3 is 1.55 bits per heavy atom. The van der Waals surface area contributed by atoms with E-state index in [0.717, 1.165) is 57.8 Å². The molecule has 1 aliphatic heterocycles. The van der Waals surface area contributed by atoms with Gasteiger partial charge in [0.25, 0.3) is 0 Å². The van der Waals surface area contributed by atoms with E-state index in [1.165, 1.54) is 77.0 Å². The molecule has 1 aliphatic rings. The molecule has 0 radical (unpaired) electrons. The van der Waals surface area contributed by atoms with Gasteiger partial charge in [-0.05, 0) is 83.5 Å². The highest BCUT2D eigenvalue weighted by molar-refractivity contribution is 7.46. The van der Waals surface area contributed by atoms with Crippen LogP contribution in [0, 0.1) is 0 Å². The average Bonchev–Trinajstić information content (AvgIpc) is 3.91. The van der Waals surface area contributed by atoms with E-state index >= 15 is 0 Å². The van der Waals surface area contributed by atoms with E-state index in [-0.39, 0.29) is 31.7 Å². The summed E-state index contributed by atoms with van der Waals surface area (Å²) >= 11 is 0. The van der Waals surface area contributed by atoms with Crippen molar-refractivity contribution in [2.24, 2.45) is 0 Å². The number of esters is 2. The molecule has 2 N–H and O–H groups in total. The largest absolute Gasteiger partial charge is 0.469 e. The number of epoxide rings is 1. The molecule has 9 nitrogen and oxygen atoms in total. The summed E-state index contributed by atoms with van der Waals surface area (Å²) in [7, 11) is -4.78. The van der Waals surface area contributed by atoms with Gasteiger partial charge in [-0.25, -0.2) is 4.57 Å². The normalized spacial score (nSPS) is 16.7. The lowest BCUT2D eigenvalue weighted by Gasteiger charge is -2.18. The van der Waals surface area contributed by atoms with E-state index in [4.69, 9.17) is 24.0 Å². The number of carbonyl (C=O) groups is 2. The molecule has 0 spiro atoms. The molecule has 0 aromatic heterocycles. The van der Waals surface area contributed by atoms with Crippen molar-refractivity contribution in [2.75, 3.05) is 13.2 Å². The molecule has 2 unspecified atom stereocenters. The Morgan fingerprint density at radius 1 is 0.564 bits per heavy atom. The number of phosphoric ester groups is 1. The second-order valence-electron chi connectivity index (χ2n) is 14.7. The summed E-state index contributed by atoms with van der Waals surface area (Å²) < 4.78 is 32.1. The number of hydrogen-bond donors (Lipinski definition) is 2. The first-order valence-electron chi connectivity index (χ1n) is 21.7. The zero-order chi connectivity index (χ0) is 40.1. The standard InChI is InChI=1S/C45H77O9P/c1-3-5-7-9-11-13-14-15-16-17-18-19-20-21-22-24-26-28-34-38-45(47)53-41(40-52-55(48,49)50)39-51-44(46)37-33-30-29-32-36-43-42(54-43)35-31-27-25-23-12-10-8-6-4-2/h11-13,15-16,23,27,29,31-32,41-43H,3-10,14,17-22,24-26,28,30,33-40H2,1-2H3,(H2,48,49,50)/b13-11-,16-15-,23-12-,31-27-,32-29-/t41-,42?,43?/m1/s1. The predicted molar refractivity (Wildman–Crippen MR) is 225 cm³/mol. The minimum absolute atomic E-state index is 0.180. The smallest absolute Gasteiger partial charge is 0.462 e. The van der Waals surface area contributed by atoms with Crippen molar-refractivity contribution < 1.29 is 42.7 Å². The number of ether oxygens (including phenoxy) is 3. The minimum atomic E-state index is -4.78. The van der Waals surface area contributed by atoms with Crippen LogP contribution in [0.2, 0.25) is 0 Å². The lowest BCUT2D eigenvalue weighted by molar-refractivity contribution is -0.161. The molecule has 0 aliphatic carbocycles. The number of allylic oxidation sites excluding steroid dienone is 8. The molecular weight excluding hydrogens is 715 g/mol. The summed E-state index contributed by atoms with van der Waals surface area (Å²) in [6.07, 6.45) is 48.2. The highest BCUT2D eigenvalue weighted by Crippen LogP contribution is 2.36. The summed E-state index contributed by atoms with van der Waals surface area (Å²) in [5.41, 5.74) is 0. The number of hydrogen-bond acceptors (Lipinski definition) is 7. The molecular formula is C45H77O9P. The van der Waals surface area contributed by atoms with E-state index in [0.29, 0.717) is 19.3 Å². The number of rotatable bonds is 38. The van der Waals surface area contributed by atoms with E-state index < -0.39 is 32.5 Å². The van der Waals surface area contributed by atoms with Gasteiger partial charge >= 0.3 is 19.8 Å². The van der Waals surface area contributed by atoms with Crippen molar-refractivity contribution in [1.29, 1.82) is 0 Å². The van der Waals surface area contributed by atoms with Crippen LogP contribution in [0.15, 0.2) is 60.8 Å². The third-order valence-corrected chi connectivity index (χ3v) is 9.90. The molecule has 1 rings (SSSR count). The topological polar surface area (TPSA) is 132 Å². The molecule has 1 fully saturated rings. The van der Waals surface area contributed by atoms with E-state index in [1.54, 1.807) is 0 Å². The summed E-state index contributed by atoms with van der Waals surface area (Å²) in [6, 6.07) is 0. The molecule has 0 aromatic rings. The third-order valence-electron chi connectivity index (χ3n) is 9.41. The number of phosphoric acid groups is 1. The predicted octanol–water partition coefficient (Wildman–Crippen LogP) is 12.3. The number of carbonyl (C=O) groups excluding carboxylic acids is 2. The van der Waals surface area contributed by atoms with Crippen LogP contribution in [0.4, 0.5) is 0 Å². The Morgan fingerprint density at radius 2 is 1.00 bits per heavy atom. The van der Waals surface area contributed by atoms with Crippen LogP contribution < -0.4 is 0 Å². The van der Waals surface area contributed by atoms with Crippen LogP contribution in [-0.2, 0) is 32.9 Å². The first kappa shape index (κ1) is 50.7. The zero-order valence-electron chi connectivity index (χ0n) is 34.5. The monoisotopic (exact) mass is 793 g/mol. The van der Waals surface area contributed by atoms with Crippen LogP contribution in [0.5, 0.6) is 0 Å². The first-order valence-corrected chi connectivity index (χ1v) is 23.2. The molecule has 1 heterocycles. The van der Waals surface area contributed by atoms with Crippen LogP contribution in [-0.4, -0.2) is 53.3 Å². The van der Waals surface area contributed by atoms with Gasteiger partial charge in [0.05, 0.1) is 18.8 Å². The van der Waals surface area contributed by atoms with E-state index in [9.17, 15) is 14.2 Å². The second kappa shape index (κ2) is 36.1. The molecule has 0 bridgehead atoms. The lowest BCUT2D eigenvalue weighted by atomic mass is 10.1. The van der Waals surface area contributed by atoms with Crippen molar-refractivity contribution >= 4 is 19.8 Å². The molecule has 1 saturated heterocycles. The summed E-state index contributed by atoms with van der Waals surface area (Å²) in [6.45, 7) is 3.57. The van der Waals surface area contributed by atoms with Crippen molar-refractivity contribution in [2.45, 2.75) is 199 Å². The second-order valence-corrected chi connectivity index (χ2v) is 15.9. The van der Waals surface area contributed by atoms with E-state index in [2.05, 4.69) is 73.1 Å². The molecule has 10 heteroatoms. The quantitative estimate of drug-likeness (QED) is 0.0206. The molecule has 0 amide bonds. The van der Waals surface area contributed by atoms with Gasteiger partial charge in [0.15, 0.2) is 6.10 Å². The molecule has 55 heavy (non-hydrogen) atoms. The van der Waals surface area contributed by atoms with Crippen molar-refractivity contribution in [1.82, 2.24) is 0 Å². The van der Waals surface area contributed by atoms with Gasteiger partial charge in [0.1, 0.15) is 6.61 Å². The van der Waals surface area contributed by atoms with Gasteiger partial charge in [-0.2, -0.15) is 0 Å². The summed E-state index contributed by atoms with van der Waals surface area (Å²) in [4.78, 5) is 42.9. The Kier molecular flexibility index (Phi) is 33.3. The number of unbranched alkanes of at least 4 members (excludes halogenated alkanes) is 16. The van der Waals surface area contributed by atoms with Gasteiger partial charge in [0, 0.05) is 12.8 Å². The fourth-order valence-electron chi connectivity index (χ4n) is 6.02. The van der Waals surface area contributed by atoms with E-state index in [1.807, 2.05) is 6.08 Å². The summed E-state index contributed by atoms with van der Waals surface area (Å²) in [5, 5.41) is 0. The molecule has 0 saturated carbocycles. The Labute approximate surface area is 334 Å². The Bertz CT molecular complexity index is 1140. The van der Waals surface area contributed by atoms with Crippen molar-refractivity contribution in [3.8, 4) is 0 Å². The fourth-order valence-corrected chi connectivity index (χ4v) is 6.39. The van der Waals surface area contributed by atoms with Gasteiger partial charge in [-0.3, -0.25) is 14.1 Å². The SMILES string of the molecule is CCCCC/C=C\C/C=C\CCCCCCCCCCCC(=O)O[C@H](COC(=O)CCC/C=C\CC1OC1C/C=C\C/C=C\CCCCC)COP(=O)(O)O. The fraction of sp³-hybridized carbons (Fsp3) is 0.733. The lowest BCUT2D eigenvalue weighted by Crippen LogP contribution is -2.29. The van der Waals surface area contributed by atoms with Crippen LogP contribution in [0.1, 0.15) is 181 Å². The highest BCUT2D eigenvalue weighted by atomic mass is 31.2. The molecule has 316 valence electrons. The van der Waals surface area contributed by atoms with Gasteiger partial charge in [-0.15, -0.1) is 0 Å². The third kappa shape index (κ3) is 35.8. The maximum atomic E-state index is 12.4. The van der Waals surface area contributed by atoms with Crippen LogP contribution >= 0.6 is 7.82 Å². The Balaban J connectivity index is 2.10. The highest BCUT2D eigenvalue weighted by Gasteiger charge is 2.36. The van der Waals surface area contributed by atoms with Crippen molar-refractivity contribution in [3.05, 3.63) is 60.8 Å². The first-order chi connectivity index (χ1) is 26.7. The van der Waals surface area contributed by atoms with Crippen LogP contribution in [0.25, 0.3) is 0 Å². The summed E-state index contributed by atoms with van der Waals surface area (Å²) in [5.74, 6) is -0.965. The van der Waals surface area contributed by atoms with Gasteiger partial charge in [-0.1, -0.05) is 145 Å². The van der Waals surface area contributed by atoms with Gasteiger partial charge in [0.2, 0.25) is 0 Å². The maximum Gasteiger partial charge on any atom is 0.469 e. The Hall–Kier alpha value is -2.29. The molecule has 0 aromatic carbocycles. The van der Waals surface area contributed by atoms with Crippen molar-refractivity contribution in [3.63, 3.8) is 0 Å². The van der Waals surface area contributed by atoms with Gasteiger partial charge < -0.3 is 24.0 Å². The maximum absolute atomic E-state index is 12.4. The van der Waals surface area contributed by atoms with Crippen LogP contribution in [0.3, 0.4) is 0 Å².